The molecule has 104 valence electrons. The van der Waals surface area contributed by atoms with Crippen molar-refractivity contribution in [1.29, 1.82) is 0 Å². The molecule has 2 N–H and O–H groups in total. The van der Waals surface area contributed by atoms with Crippen LogP contribution in [-0.4, -0.2) is 48.9 Å². The molecule has 18 heavy (non-hydrogen) atoms. The first-order valence-corrected chi connectivity index (χ1v) is 6.30. The Morgan fingerprint density at radius 1 is 1.33 bits per heavy atom. The van der Waals surface area contributed by atoms with E-state index in [9.17, 15) is 14.7 Å². The van der Waals surface area contributed by atoms with Gasteiger partial charge in [0.05, 0.1) is 6.61 Å². The number of rotatable bonds is 7. The molecule has 0 aliphatic carbocycles. The predicted octanol–water partition coefficient (Wildman–Crippen LogP) is 0.553. The van der Waals surface area contributed by atoms with E-state index in [1.807, 2.05) is 6.92 Å². The van der Waals surface area contributed by atoms with Crippen LogP contribution in [0.15, 0.2) is 0 Å². The summed E-state index contributed by atoms with van der Waals surface area (Å²) in [5, 5.41) is 11.9. The fraction of sp³-hybridized carbons (Fsp3) is 0.833. The molecule has 0 bridgehead atoms. The fourth-order valence-corrected chi connectivity index (χ4v) is 1.85. The quantitative estimate of drug-likeness (QED) is 0.652. The highest BCUT2D eigenvalue weighted by Gasteiger charge is 2.41. The van der Waals surface area contributed by atoms with Gasteiger partial charge in [-0.25, -0.2) is 4.79 Å². The van der Waals surface area contributed by atoms with Gasteiger partial charge in [-0.05, 0) is 6.42 Å². The maximum atomic E-state index is 11.7. The van der Waals surface area contributed by atoms with Crippen molar-refractivity contribution in [3.8, 4) is 0 Å². The Hall–Kier alpha value is -1.14. The van der Waals surface area contributed by atoms with Crippen molar-refractivity contribution < 1.29 is 24.2 Å². The van der Waals surface area contributed by atoms with Crippen molar-refractivity contribution in [2.75, 3.05) is 26.4 Å². The molecule has 1 fully saturated rings. The highest BCUT2D eigenvalue weighted by Crippen LogP contribution is 2.21. The van der Waals surface area contributed by atoms with Crippen molar-refractivity contribution in [3.05, 3.63) is 0 Å². The zero-order valence-electron chi connectivity index (χ0n) is 10.7. The lowest BCUT2D eigenvalue weighted by Crippen LogP contribution is -2.57. The van der Waals surface area contributed by atoms with E-state index in [0.717, 1.165) is 6.42 Å². The summed E-state index contributed by atoms with van der Waals surface area (Å²) in [6.45, 7) is 3.65. The second kappa shape index (κ2) is 7.33. The van der Waals surface area contributed by atoms with Crippen LogP contribution >= 0.6 is 0 Å². The molecular weight excluding hydrogens is 238 g/mol. The van der Waals surface area contributed by atoms with E-state index < -0.39 is 11.5 Å². The smallest absolute Gasteiger partial charge is 0.329 e. The first-order chi connectivity index (χ1) is 8.60. The third-order valence-corrected chi connectivity index (χ3v) is 2.96. The van der Waals surface area contributed by atoms with Crippen molar-refractivity contribution in [2.24, 2.45) is 0 Å². The fourth-order valence-electron chi connectivity index (χ4n) is 1.85. The molecule has 0 saturated carbocycles. The summed E-state index contributed by atoms with van der Waals surface area (Å²) >= 11 is 0. The molecule has 0 aromatic rings. The first kappa shape index (κ1) is 14.9. The van der Waals surface area contributed by atoms with E-state index in [-0.39, 0.29) is 12.3 Å². The van der Waals surface area contributed by atoms with Gasteiger partial charge in [0.25, 0.3) is 0 Å². The molecule has 1 heterocycles. The molecule has 0 radical (unpaired) electrons. The van der Waals surface area contributed by atoms with Crippen molar-refractivity contribution in [2.45, 2.75) is 38.1 Å². The standard InChI is InChI=1S/C12H21NO5/c1-2-6-17-7-3-10(14)13-12(11(15)16)4-8-18-9-5-12/h2-9H2,1H3,(H,13,14)(H,15,16). The molecule has 1 aliphatic rings. The number of ether oxygens (including phenoxy) is 2. The van der Waals surface area contributed by atoms with Crippen LogP contribution in [0, 0.1) is 0 Å². The molecule has 1 aliphatic heterocycles. The molecule has 0 atom stereocenters. The Morgan fingerprint density at radius 3 is 2.56 bits per heavy atom. The van der Waals surface area contributed by atoms with Gasteiger partial charge >= 0.3 is 5.97 Å². The van der Waals surface area contributed by atoms with Crippen LogP contribution < -0.4 is 5.32 Å². The van der Waals surface area contributed by atoms with Gasteiger partial charge in [0.1, 0.15) is 5.54 Å². The van der Waals surface area contributed by atoms with E-state index in [2.05, 4.69) is 5.32 Å². The summed E-state index contributed by atoms with van der Waals surface area (Å²) in [5.74, 6) is -1.27. The lowest BCUT2D eigenvalue weighted by atomic mass is 9.90. The van der Waals surface area contributed by atoms with Crippen LogP contribution in [0.2, 0.25) is 0 Å². The number of aliphatic carboxylic acids is 1. The van der Waals surface area contributed by atoms with E-state index >= 15 is 0 Å². The molecule has 1 rings (SSSR count). The van der Waals surface area contributed by atoms with Crippen LogP contribution in [0.25, 0.3) is 0 Å². The Balaban J connectivity index is 2.41. The Labute approximate surface area is 107 Å². The number of carbonyl (C=O) groups is 2. The largest absolute Gasteiger partial charge is 0.480 e. The number of carboxylic acid groups (broad SMARTS) is 1. The molecular formula is C12H21NO5. The monoisotopic (exact) mass is 259 g/mol. The highest BCUT2D eigenvalue weighted by molar-refractivity contribution is 5.87. The Bertz CT molecular complexity index is 286. The summed E-state index contributed by atoms with van der Waals surface area (Å²) in [4.78, 5) is 23.0. The van der Waals surface area contributed by atoms with Gasteiger partial charge in [-0.2, -0.15) is 0 Å². The van der Waals surface area contributed by atoms with Gasteiger partial charge in [0.15, 0.2) is 0 Å². The van der Waals surface area contributed by atoms with Gasteiger partial charge in [-0.3, -0.25) is 4.79 Å². The topological polar surface area (TPSA) is 84.9 Å². The van der Waals surface area contributed by atoms with Crippen LogP contribution in [-0.2, 0) is 19.1 Å². The summed E-state index contributed by atoms with van der Waals surface area (Å²) in [6, 6.07) is 0. The molecule has 1 amide bonds. The van der Waals surface area contributed by atoms with E-state index in [4.69, 9.17) is 9.47 Å². The Kier molecular flexibility index (Phi) is 6.07. The molecule has 0 aromatic carbocycles. The number of hydrogen-bond acceptors (Lipinski definition) is 4. The summed E-state index contributed by atoms with van der Waals surface area (Å²) in [5.41, 5.74) is -1.17. The SMILES string of the molecule is CCCOCCC(=O)NC1(C(=O)O)CCOCC1. The maximum Gasteiger partial charge on any atom is 0.329 e. The summed E-state index contributed by atoms with van der Waals surface area (Å²) < 4.78 is 10.3. The molecule has 0 spiro atoms. The van der Waals surface area contributed by atoms with Gasteiger partial charge in [-0.1, -0.05) is 6.92 Å². The summed E-state index contributed by atoms with van der Waals surface area (Å²) in [7, 11) is 0. The van der Waals surface area contributed by atoms with E-state index in [0.29, 0.717) is 39.3 Å². The molecule has 6 heteroatoms. The van der Waals surface area contributed by atoms with Gasteiger partial charge in [0, 0.05) is 39.1 Å². The zero-order valence-corrected chi connectivity index (χ0v) is 10.7. The average molecular weight is 259 g/mol. The van der Waals surface area contributed by atoms with Gasteiger partial charge in [0.2, 0.25) is 5.91 Å². The van der Waals surface area contributed by atoms with Gasteiger partial charge < -0.3 is 19.9 Å². The minimum absolute atomic E-state index is 0.190. The third-order valence-electron chi connectivity index (χ3n) is 2.96. The Morgan fingerprint density at radius 2 is 2.00 bits per heavy atom. The number of carboxylic acids is 1. The van der Waals surface area contributed by atoms with Crippen molar-refractivity contribution in [1.82, 2.24) is 5.32 Å². The normalized spacial score (nSPS) is 18.3. The van der Waals surface area contributed by atoms with Gasteiger partial charge in [-0.15, -0.1) is 0 Å². The third kappa shape index (κ3) is 4.27. The second-order valence-corrected chi connectivity index (χ2v) is 4.41. The lowest BCUT2D eigenvalue weighted by Gasteiger charge is -2.33. The molecule has 0 aromatic heterocycles. The van der Waals surface area contributed by atoms with Crippen molar-refractivity contribution in [3.63, 3.8) is 0 Å². The number of hydrogen-bond donors (Lipinski definition) is 2. The minimum atomic E-state index is -1.17. The zero-order chi connectivity index (χ0) is 13.4. The summed E-state index contributed by atoms with van der Waals surface area (Å²) in [6.07, 6.45) is 1.71. The van der Waals surface area contributed by atoms with Crippen LogP contribution in [0.3, 0.4) is 0 Å². The van der Waals surface area contributed by atoms with E-state index in [1.165, 1.54) is 0 Å². The maximum absolute atomic E-state index is 11.7. The number of nitrogens with one attached hydrogen (secondary N) is 1. The predicted molar refractivity (Wildman–Crippen MR) is 64.3 cm³/mol. The minimum Gasteiger partial charge on any atom is -0.480 e. The highest BCUT2D eigenvalue weighted by atomic mass is 16.5. The number of amides is 1. The van der Waals surface area contributed by atoms with Crippen LogP contribution in [0.1, 0.15) is 32.6 Å². The van der Waals surface area contributed by atoms with Crippen molar-refractivity contribution >= 4 is 11.9 Å². The molecule has 6 nitrogen and oxygen atoms in total. The van der Waals surface area contributed by atoms with Crippen LogP contribution in [0.4, 0.5) is 0 Å². The lowest BCUT2D eigenvalue weighted by molar-refractivity contribution is -0.152. The molecule has 1 saturated heterocycles. The second-order valence-electron chi connectivity index (χ2n) is 4.41. The van der Waals surface area contributed by atoms with E-state index in [1.54, 1.807) is 0 Å². The first-order valence-electron chi connectivity index (χ1n) is 6.30. The molecule has 0 unspecified atom stereocenters. The van der Waals surface area contributed by atoms with Crippen LogP contribution in [0.5, 0.6) is 0 Å². The number of carbonyl (C=O) groups excluding carboxylic acids is 1. The average Bonchev–Trinajstić information content (AvgIpc) is 2.35.